The van der Waals surface area contributed by atoms with E-state index in [0.717, 1.165) is 5.69 Å². The Morgan fingerprint density at radius 3 is 2.00 bits per heavy atom. The SMILES string of the molecule is CC(C)(C)[NH+]([O-])c1ccccc1. The van der Waals surface area contributed by atoms with Gasteiger partial charge in [-0.05, 0) is 32.9 Å². The third kappa shape index (κ3) is 2.06. The molecule has 2 heteroatoms. The van der Waals surface area contributed by atoms with E-state index in [1.54, 1.807) is 0 Å². The lowest BCUT2D eigenvalue weighted by Crippen LogP contribution is -3.10. The first-order valence-electron chi connectivity index (χ1n) is 4.11. The Balaban J connectivity index is 2.86. The predicted octanol–water partition coefficient (Wildman–Crippen LogP) is 1.50. The topological polar surface area (TPSA) is 27.5 Å². The van der Waals surface area contributed by atoms with Gasteiger partial charge in [0.25, 0.3) is 0 Å². The molecule has 1 atom stereocenters. The average Bonchev–Trinajstić information content (AvgIpc) is 2.03. The third-order valence-corrected chi connectivity index (χ3v) is 1.72. The molecule has 0 aliphatic rings. The van der Waals surface area contributed by atoms with Crippen LogP contribution < -0.4 is 5.06 Å². The van der Waals surface area contributed by atoms with Crippen LogP contribution in [0.25, 0.3) is 0 Å². The number of hydrogen-bond acceptors (Lipinski definition) is 1. The predicted molar refractivity (Wildman–Crippen MR) is 50.2 cm³/mol. The van der Waals surface area contributed by atoms with E-state index in [2.05, 4.69) is 0 Å². The van der Waals surface area contributed by atoms with Crippen LogP contribution in [0.5, 0.6) is 0 Å². The summed E-state index contributed by atoms with van der Waals surface area (Å²) in [6, 6.07) is 9.40. The maximum atomic E-state index is 11.7. The first-order chi connectivity index (χ1) is 5.52. The number of nitrogens with one attached hydrogen (secondary N) is 1. The summed E-state index contributed by atoms with van der Waals surface area (Å²) in [5, 5.41) is 11.9. The minimum atomic E-state index is -0.276. The Morgan fingerprint density at radius 2 is 1.58 bits per heavy atom. The smallest absolute Gasteiger partial charge is 0.131 e. The van der Waals surface area contributed by atoms with Gasteiger partial charge < -0.3 is 10.3 Å². The molecule has 0 saturated heterocycles. The quantitative estimate of drug-likeness (QED) is 0.627. The molecule has 1 aromatic carbocycles. The monoisotopic (exact) mass is 165 g/mol. The standard InChI is InChI=1S/C10H15NO/c1-10(2,3)11(12)9-7-5-4-6-8-9/h4-8,11H,1-3H3. The maximum absolute atomic E-state index is 11.7. The van der Waals surface area contributed by atoms with Gasteiger partial charge in [0.15, 0.2) is 0 Å². The van der Waals surface area contributed by atoms with Gasteiger partial charge in [-0.15, -0.1) is 0 Å². The van der Waals surface area contributed by atoms with E-state index in [1.807, 2.05) is 51.1 Å². The number of rotatable bonds is 1. The molecule has 0 radical (unpaired) electrons. The second-order valence-electron chi connectivity index (χ2n) is 3.95. The van der Waals surface area contributed by atoms with Gasteiger partial charge in [-0.3, -0.25) is 0 Å². The summed E-state index contributed by atoms with van der Waals surface area (Å²) in [5.74, 6) is 0. The van der Waals surface area contributed by atoms with Crippen LogP contribution in [0.3, 0.4) is 0 Å². The van der Waals surface area contributed by atoms with Gasteiger partial charge in [0, 0.05) is 0 Å². The summed E-state index contributed by atoms with van der Waals surface area (Å²) >= 11 is 0. The zero-order valence-corrected chi connectivity index (χ0v) is 7.79. The van der Waals surface area contributed by atoms with E-state index >= 15 is 0 Å². The van der Waals surface area contributed by atoms with Crippen LogP contribution in [0.15, 0.2) is 30.3 Å². The van der Waals surface area contributed by atoms with Gasteiger partial charge in [0.1, 0.15) is 5.69 Å². The lowest BCUT2D eigenvalue weighted by molar-refractivity contribution is -0.832. The summed E-state index contributed by atoms with van der Waals surface area (Å²) in [4.78, 5) is 0. The maximum Gasteiger partial charge on any atom is 0.131 e. The average molecular weight is 165 g/mol. The Labute approximate surface area is 73.4 Å². The first-order valence-corrected chi connectivity index (χ1v) is 4.11. The van der Waals surface area contributed by atoms with Crippen molar-refractivity contribution in [3.63, 3.8) is 0 Å². The third-order valence-electron chi connectivity index (χ3n) is 1.72. The molecule has 0 aliphatic heterocycles. The lowest BCUT2D eigenvalue weighted by Gasteiger charge is -2.34. The van der Waals surface area contributed by atoms with Crippen LogP contribution in [-0.4, -0.2) is 5.54 Å². The largest absolute Gasteiger partial charge is 0.628 e. The molecule has 1 aromatic rings. The highest BCUT2D eigenvalue weighted by Crippen LogP contribution is 2.03. The molecule has 0 aromatic heterocycles. The number of quaternary nitrogens is 1. The van der Waals surface area contributed by atoms with Gasteiger partial charge in [0.2, 0.25) is 0 Å². The fourth-order valence-corrected chi connectivity index (χ4v) is 1.02. The second-order valence-corrected chi connectivity index (χ2v) is 3.95. The van der Waals surface area contributed by atoms with Crippen LogP contribution in [0.2, 0.25) is 0 Å². The van der Waals surface area contributed by atoms with Crippen LogP contribution in [0.4, 0.5) is 5.69 Å². The number of para-hydroxylation sites is 1. The van der Waals surface area contributed by atoms with Crippen molar-refractivity contribution in [1.29, 1.82) is 0 Å². The van der Waals surface area contributed by atoms with E-state index in [9.17, 15) is 5.21 Å². The van der Waals surface area contributed by atoms with Crippen molar-refractivity contribution in [2.24, 2.45) is 0 Å². The highest BCUT2D eigenvalue weighted by atomic mass is 16.5. The van der Waals surface area contributed by atoms with Gasteiger partial charge in [-0.2, -0.15) is 0 Å². The van der Waals surface area contributed by atoms with E-state index in [0.29, 0.717) is 0 Å². The Kier molecular flexibility index (Phi) is 2.50. The number of benzene rings is 1. The van der Waals surface area contributed by atoms with Gasteiger partial charge in [-0.25, -0.2) is 0 Å². The van der Waals surface area contributed by atoms with E-state index in [1.165, 1.54) is 0 Å². The highest BCUT2D eigenvalue weighted by molar-refractivity contribution is 5.28. The van der Waals surface area contributed by atoms with E-state index in [4.69, 9.17) is 0 Å². The molecule has 1 N–H and O–H groups in total. The highest BCUT2D eigenvalue weighted by Gasteiger charge is 2.19. The van der Waals surface area contributed by atoms with Gasteiger partial charge in [0.05, 0.1) is 5.54 Å². The van der Waals surface area contributed by atoms with Gasteiger partial charge in [-0.1, -0.05) is 18.2 Å². The molecule has 0 amide bonds. The molecular formula is C10H15NO. The molecule has 12 heavy (non-hydrogen) atoms. The van der Waals surface area contributed by atoms with E-state index in [-0.39, 0.29) is 10.6 Å². The molecule has 0 bridgehead atoms. The normalized spacial score (nSPS) is 14.3. The summed E-state index contributed by atoms with van der Waals surface area (Å²) < 4.78 is 0. The first kappa shape index (κ1) is 9.23. The molecule has 0 fully saturated rings. The van der Waals surface area contributed by atoms with Crippen molar-refractivity contribution in [2.75, 3.05) is 0 Å². The van der Waals surface area contributed by atoms with Crippen molar-refractivity contribution in [3.8, 4) is 0 Å². The molecule has 2 nitrogen and oxygen atoms in total. The van der Waals surface area contributed by atoms with Crippen molar-refractivity contribution >= 4 is 5.69 Å². The molecule has 1 unspecified atom stereocenters. The van der Waals surface area contributed by atoms with Crippen LogP contribution >= 0.6 is 0 Å². The van der Waals surface area contributed by atoms with Crippen LogP contribution in [0.1, 0.15) is 20.8 Å². The second kappa shape index (κ2) is 3.25. The Bertz CT molecular complexity index is 238. The van der Waals surface area contributed by atoms with Crippen molar-refractivity contribution in [3.05, 3.63) is 35.5 Å². The van der Waals surface area contributed by atoms with Crippen molar-refractivity contribution < 1.29 is 5.06 Å². The molecular weight excluding hydrogens is 150 g/mol. The zero-order chi connectivity index (χ0) is 9.19. The Morgan fingerprint density at radius 1 is 1.08 bits per heavy atom. The van der Waals surface area contributed by atoms with Crippen LogP contribution in [-0.2, 0) is 0 Å². The lowest BCUT2D eigenvalue weighted by atomic mass is 10.1. The Hall–Kier alpha value is -0.860. The van der Waals surface area contributed by atoms with Crippen molar-refractivity contribution in [2.45, 2.75) is 26.3 Å². The summed E-state index contributed by atoms with van der Waals surface area (Å²) in [5.41, 5.74) is 0.520. The fraction of sp³-hybridized carbons (Fsp3) is 0.400. The molecule has 1 rings (SSSR count). The minimum Gasteiger partial charge on any atom is -0.628 e. The summed E-state index contributed by atoms with van der Waals surface area (Å²) in [6.45, 7) is 5.80. The molecule has 0 aliphatic carbocycles. The van der Waals surface area contributed by atoms with Crippen LogP contribution in [0, 0.1) is 5.21 Å². The molecule has 0 spiro atoms. The van der Waals surface area contributed by atoms with E-state index < -0.39 is 0 Å². The number of hydroxylamine groups is 1. The van der Waals surface area contributed by atoms with Crippen molar-refractivity contribution in [1.82, 2.24) is 0 Å². The summed E-state index contributed by atoms with van der Waals surface area (Å²) in [7, 11) is 0. The number of hydrogen-bond donors (Lipinski definition) is 1. The minimum absolute atomic E-state index is 0.197. The molecule has 66 valence electrons. The van der Waals surface area contributed by atoms with Gasteiger partial charge >= 0.3 is 0 Å². The summed E-state index contributed by atoms with van der Waals surface area (Å²) in [6.07, 6.45) is 0. The fourth-order valence-electron chi connectivity index (χ4n) is 1.02. The zero-order valence-electron chi connectivity index (χ0n) is 7.79. The molecule has 0 saturated carbocycles. The molecule has 0 heterocycles.